The monoisotopic (exact) mass is 320 g/mol. The summed E-state index contributed by atoms with van der Waals surface area (Å²) in [6.45, 7) is 0.0169. The zero-order chi connectivity index (χ0) is 15.9. The summed E-state index contributed by atoms with van der Waals surface area (Å²) in [4.78, 5) is 41.8. The number of nitrogens with zero attached hydrogens (tertiary/aromatic N) is 2. The van der Waals surface area contributed by atoms with Crippen molar-refractivity contribution in [3.8, 4) is 0 Å². The molecule has 2 aromatic heterocycles. The summed E-state index contributed by atoms with van der Waals surface area (Å²) in [5.74, 6) is -1.86. The molecule has 114 valence electrons. The van der Waals surface area contributed by atoms with Crippen molar-refractivity contribution < 1.29 is 19.5 Å². The fraction of sp³-hybridized carbons (Fsp3) is 0.154. The molecule has 0 aliphatic carbocycles. The second-order valence-corrected chi connectivity index (χ2v) is 4.99. The Morgan fingerprint density at radius 3 is 2.77 bits per heavy atom. The van der Waals surface area contributed by atoms with E-state index in [1.54, 1.807) is 18.3 Å². The molecule has 0 fully saturated rings. The number of carboxylic acid groups (broad SMARTS) is 1. The van der Waals surface area contributed by atoms with E-state index in [4.69, 9.17) is 5.11 Å². The summed E-state index contributed by atoms with van der Waals surface area (Å²) in [5, 5.41) is 15.2. The van der Waals surface area contributed by atoms with Gasteiger partial charge in [0.2, 0.25) is 0 Å². The van der Waals surface area contributed by atoms with Gasteiger partial charge in [0.25, 0.3) is 11.8 Å². The second kappa shape index (κ2) is 7.27. The van der Waals surface area contributed by atoms with E-state index in [2.05, 4.69) is 20.6 Å². The minimum Gasteiger partial charge on any atom is -0.481 e. The van der Waals surface area contributed by atoms with Crippen molar-refractivity contribution >= 4 is 34.3 Å². The molecule has 2 heterocycles. The molecule has 9 heteroatoms. The molecule has 0 unspecified atom stereocenters. The van der Waals surface area contributed by atoms with Crippen molar-refractivity contribution in [3.63, 3.8) is 0 Å². The Morgan fingerprint density at radius 2 is 2.09 bits per heavy atom. The van der Waals surface area contributed by atoms with Crippen molar-refractivity contribution in [2.24, 2.45) is 0 Å². The fourth-order valence-electron chi connectivity index (χ4n) is 1.48. The minimum absolute atomic E-state index is 0.0169. The van der Waals surface area contributed by atoms with E-state index in [9.17, 15) is 14.4 Å². The molecule has 0 radical (unpaired) electrons. The van der Waals surface area contributed by atoms with Crippen LogP contribution < -0.4 is 10.6 Å². The van der Waals surface area contributed by atoms with Gasteiger partial charge in [-0.05, 0) is 12.1 Å². The molecule has 0 spiro atoms. The number of carboxylic acids is 1. The molecule has 0 aliphatic heterocycles. The number of thiazole rings is 1. The lowest BCUT2D eigenvalue weighted by molar-refractivity contribution is -0.136. The average molecular weight is 320 g/mol. The molecule has 0 saturated carbocycles. The highest BCUT2D eigenvalue weighted by atomic mass is 32.1. The Kier molecular flexibility index (Phi) is 5.15. The third-order valence-electron chi connectivity index (χ3n) is 2.51. The summed E-state index contributed by atoms with van der Waals surface area (Å²) >= 11 is 1.10. The van der Waals surface area contributed by atoms with Gasteiger partial charge < -0.3 is 10.4 Å². The minimum atomic E-state index is -0.997. The van der Waals surface area contributed by atoms with Crippen molar-refractivity contribution in [3.05, 3.63) is 41.2 Å². The maximum Gasteiger partial charge on any atom is 0.305 e. The van der Waals surface area contributed by atoms with Crippen molar-refractivity contribution in [2.45, 2.75) is 6.42 Å². The van der Waals surface area contributed by atoms with Crippen LogP contribution in [0.3, 0.4) is 0 Å². The summed E-state index contributed by atoms with van der Waals surface area (Å²) in [5.41, 5.74) is 0.502. The summed E-state index contributed by atoms with van der Waals surface area (Å²) in [6.07, 6.45) is 2.81. The normalized spacial score (nSPS) is 10.0. The topological polar surface area (TPSA) is 121 Å². The van der Waals surface area contributed by atoms with Crippen LogP contribution in [0.2, 0.25) is 0 Å². The molecular weight excluding hydrogens is 308 g/mol. The van der Waals surface area contributed by atoms with E-state index in [-0.39, 0.29) is 29.7 Å². The van der Waals surface area contributed by atoms with Crippen molar-refractivity contribution in [2.75, 3.05) is 11.9 Å². The highest BCUT2D eigenvalue weighted by molar-refractivity contribution is 7.14. The Hall–Kier alpha value is -2.81. The lowest BCUT2D eigenvalue weighted by Gasteiger charge is -2.01. The van der Waals surface area contributed by atoms with Crippen LogP contribution in [0.15, 0.2) is 29.9 Å². The Morgan fingerprint density at radius 1 is 1.27 bits per heavy atom. The summed E-state index contributed by atoms with van der Waals surface area (Å²) in [7, 11) is 0. The van der Waals surface area contributed by atoms with E-state index < -0.39 is 11.9 Å². The predicted octanol–water partition coefficient (Wildman–Crippen LogP) is 0.995. The number of rotatable bonds is 6. The number of hydrogen-bond donors (Lipinski definition) is 3. The third-order valence-corrected chi connectivity index (χ3v) is 3.26. The van der Waals surface area contributed by atoms with Crippen LogP contribution in [0.4, 0.5) is 5.13 Å². The Bertz CT molecular complexity index is 686. The lowest BCUT2D eigenvalue weighted by atomic mass is 10.3. The fourth-order valence-corrected chi connectivity index (χ4v) is 2.16. The maximum atomic E-state index is 11.9. The van der Waals surface area contributed by atoms with Crippen LogP contribution in [-0.4, -0.2) is 39.4 Å². The Balaban J connectivity index is 1.92. The largest absolute Gasteiger partial charge is 0.481 e. The van der Waals surface area contributed by atoms with Gasteiger partial charge in [0.15, 0.2) is 5.13 Å². The van der Waals surface area contributed by atoms with Crippen LogP contribution in [-0.2, 0) is 4.79 Å². The van der Waals surface area contributed by atoms with Gasteiger partial charge in [-0.1, -0.05) is 0 Å². The van der Waals surface area contributed by atoms with Gasteiger partial charge in [-0.3, -0.25) is 24.7 Å². The summed E-state index contributed by atoms with van der Waals surface area (Å²) < 4.78 is 0. The number of nitrogens with one attached hydrogen (secondary N) is 2. The van der Waals surface area contributed by atoms with Gasteiger partial charge in [0.1, 0.15) is 5.69 Å². The molecule has 0 atom stereocenters. The van der Waals surface area contributed by atoms with E-state index in [1.165, 1.54) is 11.6 Å². The number of aliphatic carboxylic acids is 1. The van der Waals surface area contributed by atoms with E-state index in [0.717, 1.165) is 11.3 Å². The number of aromatic nitrogens is 2. The number of hydrogen-bond acceptors (Lipinski definition) is 6. The second-order valence-electron chi connectivity index (χ2n) is 4.13. The summed E-state index contributed by atoms with van der Waals surface area (Å²) in [6, 6.07) is 3.24. The quantitative estimate of drug-likeness (QED) is 0.730. The predicted molar refractivity (Wildman–Crippen MR) is 78.9 cm³/mol. The number of carbonyl (C=O) groups is 3. The van der Waals surface area contributed by atoms with Crippen LogP contribution in [0.5, 0.6) is 0 Å². The number of amides is 2. The average Bonchev–Trinajstić information content (AvgIpc) is 2.96. The molecule has 2 rings (SSSR count). The molecule has 0 bridgehead atoms. The van der Waals surface area contributed by atoms with Gasteiger partial charge in [0.05, 0.1) is 12.0 Å². The first-order valence-corrected chi connectivity index (χ1v) is 7.11. The first kappa shape index (κ1) is 15.6. The number of pyridine rings is 1. The van der Waals surface area contributed by atoms with Crippen LogP contribution in [0, 0.1) is 0 Å². The van der Waals surface area contributed by atoms with Gasteiger partial charge >= 0.3 is 5.97 Å². The maximum absolute atomic E-state index is 11.9. The molecule has 8 nitrogen and oxygen atoms in total. The third kappa shape index (κ3) is 4.35. The standard InChI is InChI=1S/C13H12N4O4S/c18-10(19)3-5-15-12(21)9-7-22-13(16-9)17-11(20)8-2-1-4-14-6-8/h1-2,4,6-7H,3,5H2,(H,15,21)(H,18,19)(H,16,17,20). The molecule has 0 aromatic carbocycles. The smallest absolute Gasteiger partial charge is 0.305 e. The lowest BCUT2D eigenvalue weighted by Crippen LogP contribution is -2.26. The van der Waals surface area contributed by atoms with Gasteiger partial charge in [-0.25, -0.2) is 4.98 Å². The van der Waals surface area contributed by atoms with Crippen LogP contribution in [0.1, 0.15) is 27.3 Å². The Labute approximate surface area is 129 Å². The van der Waals surface area contributed by atoms with E-state index >= 15 is 0 Å². The highest BCUT2D eigenvalue weighted by Crippen LogP contribution is 2.16. The molecule has 0 saturated heterocycles. The molecule has 3 N–H and O–H groups in total. The van der Waals surface area contributed by atoms with E-state index in [0.29, 0.717) is 5.56 Å². The van der Waals surface area contributed by atoms with Gasteiger partial charge in [-0.15, -0.1) is 11.3 Å². The zero-order valence-electron chi connectivity index (χ0n) is 11.3. The van der Waals surface area contributed by atoms with Crippen LogP contribution in [0.25, 0.3) is 0 Å². The first-order valence-electron chi connectivity index (χ1n) is 6.23. The molecular formula is C13H12N4O4S. The SMILES string of the molecule is O=C(O)CCNC(=O)c1csc(NC(=O)c2cccnc2)n1. The highest BCUT2D eigenvalue weighted by Gasteiger charge is 2.13. The van der Waals surface area contributed by atoms with Crippen molar-refractivity contribution in [1.82, 2.24) is 15.3 Å². The van der Waals surface area contributed by atoms with Gasteiger partial charge in [-0.2, -0.15) is 0 Å². The molecule has 0 aliphatic rings. The first-order chi connectivity index (χ1) is 10.6. The van der Waals surface area contributed by atoms with Gasteiger partial charge in [0, 0.05) is 24.3 Å². The van der Waals surface area contributed by atoms with Crippen molar-refractivity contribution in [1.29, 1.82) is 0 Å². The number of carbonyl (C=O) groups excluding carboxylic acids is 2. The zero-order valence-corrected chi connectivity index (χ0v) is 12.1. The van der Waals surface area contributed by atoms with E-state index in [1.807, 2.05) is 0 Å². The molecule has 2 amide bonds. The molecule has 22 heavy (non-hydrogen) atoms. The number of anilines is 1. The molecule has 2 aromatic rings. The van der Waals surface area contributed by atoms with Crippen LogP contribution >= 0.6 is 11.3 Å².